The first-order valence-electron chi connectivity index (χ1n) is 6.22. The van der Waals surface area contributed by atoms with Crippen molar-refractivity contribution in [1.82, 2.24) is 4.98 Å². The van der Waals surface area contributed by atoms with Crippen LogP contribution in [0.25, 0.3) is 0 Å². The number of ketones is 1. The summed E-state index contributed by atoms with van der Waals surface area (Å²) in [5, 5.41) is -0.101. The molecule has 1 aliphatic carbocycles. The third kappa shape index (κ3) is 3.75. The number of carbonyl (C=O) groups excluding carboxylic acids is 1. The Balaban J connectivity index is 2.01. The van der Waals surface area contributed by atoms with Crippen LogP contribution in [0.3, 0.4) is 0 Å². The van der Waals surface area contributed by atoms with Crippen LogP contribution in [0.5, 0.6) is 0 Å². The second-order valence-electron chi connectivity index (χ2n) is 4.99. The van der Waals surface area contributed by atoms with Crippen molar-refractivity contribution in [3.63, 3.8) is 0 Å². The monoisotopic (exact) mass is 331 g/mol. The second-order valence-corrected chi connectivity index (χ2v) is 5.85. The summed E-state index contributed by atoms with van der Waals surface area (Å²) in [6.07, 6.45) is -9.18. The standard InChI is InChI=1S/C12H11F6NOS/c13-11(14,15)7-3-1-6(2-4-7)9(20)8-5-21-10(19-8)12(16,17)18/h5-7H,1-4H2. The Labute approximate surface area is 120 Å². The molecule has 1 aromatic heterocycles. The summed E-state index contributed by atoms with van der Waals surface area (Å²) in [5.41, 5.74) is -0.303. The number of nitrogens with zero attached hydrogens (tertiary/aromatic N) is 1. The summed E-state index contributed by atoms with van der Waals surface area (Å²) in [6.45, 7) is 0. The number of rotatable bonds is 2. The molecule has 0 spiro atoms. The summed E-state index contributed by atoms with van der Waals surface area (Å²) >= 11 is 0.317. The predicted octanol–water partition coefficient (Wildman–Crippen LogP) is 4.71. The Morgan fingerprint density at radius 2 is 1.67 bits per heavy atom. The largest absolute Gasteiger partial charge is 0.443 e. The van der Waals surface area contributed by atoms with Crippen molar-refractivity contribution in [2.45, 2.75) is 38.0 Å². The summed E-state index contributed by atoms with van der Waals surface area (Å²) in [4.78, 5) is 15.2. The smallest absolute Gasteiger partial charge is 0.292 e. The molecule has 1 saturated carbocycles. The van der Waals surface area contributed by atoms with Crippen molar-refractivity contribution in [3.8, 4) is 0 Å². The zero-order valence-corrected chi connectivity index (χ0v) is 11.4. The summed E-state index contributed by atoms with van der Waals surface area (Å²) in [6, 6.07) is 0. The van der Waals surface area contributed by atoms with E-state index < -0.39 is 35.0 Å². The molecule has 0 N–H and O–H groups in total. The third-order valence-corrected chi connectivity index (χ3v) is 4.45. The van der Waals surface area contributed by atoms with E-state index in [2.05, 4.69) is 4.98 Å². The molecule has 2 nitrogen and oxygen atoms in total. The number of hydrogen-bond donors (Lipinski definition) is 0. The first kappa shape index (κ1) is 16.3. The average Bonchev–Trinajstić information content (AvgIpc) is 2.86. The number of thiazole rings is 1. The van der Waals surface area contributed by atoms with Gasteiger partial charge in [-0.25, -0.2) is 4.98 Å². The highest BCUT2D eigenvalue weighted by Crippen LogP contribution is 2.40. The highest BCUT2D eigenvalue weighted by atomic mass is 32.1. The molecular formula is C12H11F6NOS. The number of hydrogen-bond acceptors (Lipinski definition) is 3. The summed E-state index contributed by atoms with van der Waals surface area (Å²) < 4.78 is 74.7. The van der Waals surface area contributed by atoms with E-state index in [0.29, 0.717) is 11.3 Å². The van der Waals surface area contributed by atoms with Gasteiger partial charge < -0.3 is 0 Å². The van der Waals surface area contributed by atoms with Crippen LogP contribution in [0.4, 0.5) is 26.3 Å². The Morgan fingerprint density at radius 1 is 1.10 bits per heavy atom. The van der Waals surface area contributed by atoms with Gasteiger partial charge in [0.25, 0.3) is 0 Å². The molecule has 1 aromatic rings. The van der Waals surface area contributed by atoms with Gasteiger partial charge in [-0.15, -0.1) is 11.3 Å². The normalized spacial score (nSPS) is 24.1. The fourth-order valence-corrected chi connectivity index (χ4v) is 3.09. The maximum Gasteiger partial charge on any atom is 0.443 e. The molecule has 0 radical (unpaired) electrons. The number of carbonyl (C=O) groups is 1. The van der Waals surface area contributed by atoms with Crippen molar-refractivity contribution < 1.29 is 31.1 Å². The molecule has 1 fully saturated rings. The van der Waals surface area contributed by atoms with Crippen molar-refractivity contribution in [2.75, 3.05) is 0 Å². The minimum atomic E-state index is -4.61. The van der Waals surface area contributed by atoms with Crippen LogP contribution in [0, 0.1) is 11.8 Å². The zero-order valence-electron chi connectivity index (χ0n) is 10.6. The molecule has 0 saturated heterocycles. The van der Waals surface area contributed by atoms with Gasteiger partial charge in [-0.2, -0.15) is 26.3 Å². The Morgan fingerprint density at radius 3 is 2.10 bits per heavy atom. The van der Waals surface area contributed by atoms with E-state index in [-0.39, 0.29) is 31.4 Å². The molecule has 1 heterocycles. The van der Waals surface area contributed by atoms with Crippen LogP contribution in [-0.2, 0) is 6.18 Å². The minimum absolute atomic E-state index is 0.0297. The van der Waals surface area contributed by atoms with Gasteiger partial charge in [-0.3, -0.25) is 4.79 Å². The van der Waals surface area contributed by atoms with Crippen molar-refractivity contribution in [2.24, 2.45) is 11.8 Å². The lowest BCUT2D eigenvalue weighted by Gasteiger charge is -2.28. The second kappa shape index (κ2) is 5.58. The van der Waals surface area contributed by atoms with Crippen molar-refractivity contribution in [1.29, 1.82) is 0 Å². The van der Waals surface area contributed by atoms with Crippen LogP contribution in [0.15, 0.2) is 5.38 Å². The lowest BCUT2D eigenvalue weighted by molar-refractivity contribution is -0.183. The molecule has 9 heteroatoms. The quantitative estimate of drug-likeness (QED) is 0.580. The average molecular weight is 331 g/mol. The van der Waals surface area contributed by atoms with Gasteiger partial charge in [0, 0.05) is 11.3 Å². The molecular weight excluding hydrogens is 320 g/mol. The lowest BCUT2D eigenvalue weighted by atomic mass is 9.79. The van der Waals surface area contributed by atoms with E-state index in [9.17, 15) is 31.1 Å². The topological polar surface area (TPSA) is 30.0 Å². The van der Waals surface area contributed by atoms with Gasteiger partial charge in [-0.1, -0.05) is 0 Å². The molecule has 1 aliphatic rings. The third-order valence-electron chi connectivity index (χ3n) is 3.56. The molecule has 21 heavy (non-hydrogen) atoms. The molecule has 0 aromatic carbocycles. The minimum Gasteiger partial charge on any atom is -0.292 e. The number of alkyl halides is 6. The van der Waals surface area contributed by atoms with Crippen LogP contribution >= 0.6 is 11.3 Å². The molecule has 0 amide bonds. The van der Waals surface area contributed by atoms with E-state index in [0.717, 1.165) is 5.38 Å². The van der Waals surface area contributed by atoms with Crippen LogP contribution in [0.2, 0.25) is 0 Å². The fourth-order valence-electron chi connectivity index (χ4n) is 2.41. The number of halogens is 6. The van der Waals surface area contributed by atoms with Crippen molar-refractivity contribution in [3.05, 3.63) is 16.1 Å². The van der Waals surface area contributed by atoms with E-state index >= 15 is 0 Å². The summed E-state index contributed by atoms with van der Waals surface area (Å²) in [5.74, 6) is -2.70. The Kier molecular flexibility index (Phi) is 4.32. The molecule has 0 bridgehead atoms. The Hall–Kier alpha value is -1.12. The van der Waals surface area contributed by atoms with Gasteiger partial charge in [0.05, 0.1) is 5.92 Å². The maximum absolute atomic E-state index is 12.5. The first-order valence-corrected chi connectivity index (χ1v) is 7.10. The van der Waals surface area contributed by atoms with E-state index in [1.165, 1.54) is 0 Å². The number of aromatic nitrogens is 1. The van der Waals surface area contributed by atoms with Crippen molar-refractivity contribution >= 4 is 17.1 Å². The van der Waals surface area contributed by atoms with Crippen LogP contribution in [0.1, 0.15) is 41.2 Å². The zero-order chi connectivity index (χ0) is 15.8. The highest BCUT2D eigenvalue weighted by molar-refractivity contribution is 7.10. The van der Waals surface area contributed by atoms with E-state index in [4.69, 9.17) is 0 Å². The fraction of sp³-hybridized carbons (Fsp3) is 0.667. The predicted molar refractivity (Wildman–Crippen MR) is 62.9 cm³/mol. The van der Waals surface area contributed by atoms with E-state index in [1.807, 2.05) is 0 Å². The van der Waals surface area contributed by atoms with Gasteiger partial charge in [0.2, 0.25) is 0 Å². The summed E-state index contributed by atoms with van der Waals surface area (Å²) in [7, 11) is 0. The van der Waals surface area contributed by atoms with Gasteiger partial charge in [-0.05, 0) is 25.7 Å². The molecule has 118 valence electrons. The SMILES string of the molecule is O=C(c1csc(C(F)(F)F)n1)C1CCC(C(F)(F)F)CC1. The molecule has 0 unspecified atom stereocenters. The molecule has 0 aliphatic heterocycles. The van der Waals surface area contributed by atoms with Gasteiger partial charge in [0.15, 0.2) is 10.8 Å². The number of Topliss-reactive ketones (excluding diaryl/α,β-unsaturated/α-hetero) is 1. The first-order chi connectivity index (χ1) is 9.59. The van der Waals surface area contributed by atoms with Gasteiger partial charge >= 0.3 is 12.4 Å². The van der Waals surface area contributed by atoms with Crippen LogP contribution < -0.4 is 0 Å². The van der Waals surface area contributed by atoms with E-state index in [1.54, 1.807) is 0 Å². The Bertz CT molecular complexity index is 513. The highest BCUT2D eigenvalue weighted by Gasteiger charge is 2.43. The molecule has 0 atom stereocenters. The molecule has 2 rings (SSSR count). The van der Waals surface area contributed by atoms with Crippen LogP contribution in [-0.4, -0.2) is 16.9 Å². The van der Waals surface area contributed by atoms with Gasteiger partial charge in [0.1, 0.15) is 5.69 Å². The lowest BCUT2D eigenvalue weighted by Crippen LogP contribution is -2.30. The maximum atomic E-state index is 12.5.